The summed E-state index contributed by atoms with van der Waals surface area (Å²) in [7, 11) is 0. The first-order valence-electron chi connectivity index (χ1n) is 10.5. The van der Waals surface area contributed by atoms with Gasteiger partial charge in [-0.1, -0.05) is 51.7 Å². The molecule has 1 aliphatic rings. The molecule has 32 heavy (non-hydrogen) atoms. The van der Waals surface area contributed by atoms with E-state index in [0.717, 1.165) is 24.0 Å². The number of carbonyl (C=O) groups excluding carboxylic acids is 1. The summed E-state index contributed by atoms with van der Waals surface area (Å²) in [6.07, 6.45) is 1.51. The molecule has 7 nitrogen and oxygen atoms in total. The highest BCUT2D eigenvalue weighted by molar-refractivity contribution is 6.30. The Hall–Kier alpha value is -3.45. The van der Waals surface area contributed by atoms with E-state index in [2.05, 4.69) is 15.3 Å². The third kappa shape index (κ3) is 4.16. The van der Waals surface area contributed by atoms with Crippen LogP contribution in [0.3, 0.4) is 0 Å². The van der Waals surface area contributed by atoms with Crippen LogP contribution in [0.15, 0.2) is 63.6 Å². The monoisotopic (exact) mass is 448 g/mol. The first-order valence-corrected chi connectivity index (χ1v) is 10.9. The summed E-state index contributed by atoms with van der Waals surface area (Å²) in [5, 5.41) is 8.74. The van der Waals surface area contributed by atoms with E-state index in [1.807, 2.05) is 43.3 Å². The molecule has 0 aliphatic carbocycles. The zero-order valence-corrected chi connectivity index (χ0v) is 18.2. The molecule has 8 heteroatoms. The van der Waals surface area contributed by atoms with Crippen molar-refractivity contribution >= 4 is 17.5 Å². The number of hydrogen-bond donors (Lipinski definition) is 0. The zero-order valence-electron chi connectivity index (χ0n) is 17.5. The van der Waals surface area contributed by atoms with Gasteiger partial charge < -0.3 is 13.9 Å². The molecule has 0 N–H and O–H groups in total. The quantitative estimate of drug-likeness (QED) is 0.417. The molecule has 0 spiro atoms. The minimum atomic E-state index is -0.140. The van der Waals surface area contributed by atoms with Crippen LogP contribution >= 0.6 is 11.6 Å². The van der Waals surface area contributed by atoms with Crippen molar-refractivity contribution in [1.82, 2.24) is 20.2 Å². The second-order valence-electron chi connectivity index (χ2n) is 7.97. The molecular weight excluding hydrogens is 428 g/mol. The number of piperidine rings is 1. The Labute approximate surface area is 190 Å². The second-order valence-corrected chi connectivity index (χ2v) is 8.41. The van der Waals surface area contributed by atoms with E-state index in [9.17, 15) is 4.79 Å². The van der Waals surface area contributed by atoms with Gasteiger partial charge in [-0.15, -0.1) is 0 Å². The fraction of sp³-hybridized carbons (Fsp3) is 0.250. The van der Waals surface area contributed by atoms with Crippen LogP contribution in [0, 0.1) is 6.92 Å². The highest BCUT2D eigenvalue weighted by atomic mass is 35.5. The molecule has 1 aliphatic heterocycles. The van der Waals surface area contributed by atoms with Crippen LogP contribution in [0.4, 0.5) is 0 Å². The van der Waals surface area contributed by atoms with Crippen molar-refractivity contribution in [1.29, 1.82) is 0 Å². The predicted molar refractivity (Wildman–Crippen MR) is 119 cm³/mol. The lowest BCUT2D eigenvalue weighted by Crippen LogP contribution is -2.38. The molecule has 0 atom stereocenters. The summed E-state index contributed by atoms with van der Waals surface area (Å²) in [5.74, 6) is 1.75. The van der Waals surface area contributed by atoms with Gasteiger partial charge in [0.25, 0.3) is 5.91 Å². The normalized spacial score (nSPS) is 14.6. The molecule has 3 heterocycles. The number of rotatable bonds is 4. The van der Waals surface area contributed by atoms with Crippen molar-refractivity contribution in [3.63, 3.8) is 0 Å². The van der Waals surface area contributed by atoms with Crippen LogP contribution < -0.4 is 0 Å². The molecule has 0 saturated carbocycles. The van der Waals surface area contributed by atoms with Crippen molar-refractivity contribution in [3.05, 3.63) is 76.8 Å². The van der Waals surface area contributed by atoms with Gasteiger partial charge in [0.05, 0.1) is 0 Å². The molecular formula is C24H21ClN4O3. The highest BCUT2D eigenvalue weighted by Gasteiger charge is 2.29. The predicted octanol–water partition coefficient (Wildman–Crippen LogP) is 5.37. The summed E-state index contributed by atoms with van der Waals surface area (Å²) in [4.78, 5) is 19.3. The summed E-state index contributed by atoms with van der Waals surface area (Å²) < 4.78 is 10.9. The van der Waals surface area contributed by atoms with Crippen LogP contribution in [-0.2, 0) is 0 Å². The third-order valence-electron chi connectivity index (χ3n) is 5.74. The van der Waals surface area contributed by atoms with Gasteiger partial charge in [-0.3, -0.25) is 4.79 Å². The Morgan fingerprint density at radius 3 is 2.38 bits per heavy atom. The first kappa shape index (κ1) is 20.5. The highest BCUT2D eigenvalue weighted by Crippen LogP contribution is 2.30. The van der Waals surface area contributed by atoms with E-state index in [1.54, 1.807) is 23.1 Å². The standard InChI is InChI=1S/C24H21ClN4O3/c1-15-2-4-17(5-3-15)22-26-23(32-28-22)18-10-12-29(13-11-18)24(30)20-14-21(31-27-20)16-6-8-19(25)9-7-16/h2-9,14,18H,10-13H2,1H3. The zero-order chi connectivity index (χ0) is 22.1. The summed E-state index contributed by atoms with van der Waals surface area (Å²) in [6, 6.07) is 16.9. The van der Waals surface area contributed by atoms with Gasteiger partial charge in [-0.2, -0.15) is 4.98 Å². The van der Waals surface area contributed by atoms with Gasteiger partial charge in [-0.25, -0.2) is 0 Å². The molecule has 2 aromatic heterocycles. The Kier molecular flexibility index (Phi) is 5.49. The largest absolute Gasteiger partial charge is 0.355 e. The number of carbonyl (C=O) groups is 1. The van der Waals surface area contributed by atoms with E-state index in [4.69, 9.17) is 20.6 Å². The third-order valence-corrected chi connectivity index (χ3v) is 5.99. The smallest absolute Gasteiger partial charge is 0.276 e. The Bertz CT molecular complexity index is 1220. The van der Waals surface area contributed by atoms with Crippen molar-refractivity contribution in [2.75, 3.05) is 13.1 Å². The minimum Gasteiger partial charge on any atom is -0.355 e. The van der Waals surface area contributed by atoms with Crippen LogP contribution in [0.5, 0.6) is 0 Å². The Morgan fingerprint density at radius 2 is 1.66 bits per heavy atom. The molecule has 1 fully saturated rings. The number of nitrogens with zero attached hydrogens (tertiary/aromatic N) is 4. The minimum absolute atomic E-state index is 0.132. The topological polar surface area (TPSA) is 85.3 Å². The summed E-state index contributed by atoms with van der Waals surface area (Å²) in [6.45, 7) is 3.22. The van der Waals surface area contributed by atoms with Gasteiger partial charge in [0, 0.05) is 41.2 Å². The number of amides is 1. The number of halogens is 1. The van der Waals surface area contributed by atoms with Gasteiger partial charge >= 0.3 is 0 Å². The molecule has 2 aromatic carbocycles. The van der Waals surface area contributed by atoms with E-state index >= 15 is 0 Å². The van der Waals surface area contributed by atoms with E-state index in [1.165, 1.54) is 5.56 Å². The van der Waals surface area contributed by atoms with Crippen LogP contribution in [-0.4, -0.2) is 39.2 Å². The molecule has 162 valence electrons. The summed E-state index contributed by atoms with van der Waals surface area (Å²) >= 11 is 5.93. The molecule has 1 saturated heterocycles. The van der Waals surface area contributed by atoms with Crippen molar-refractivity contribution in [3.8, 4) is 22.7 Å². The van der Waals surface area contributed by atoms with E-state index < -0.39 is 0 Å². The number of benzene rings is 2. The molecule has 1 amide bonds. The molecule has 5 rings (SSSR count). The van der Waals surface area contributed by atoms with Crippen molar-refractivity contribution < 1.29 is 13.8 Å². The van der Waals surface area contributed by atoms with Crippen molar-refractivity contribution in [2.24, 2.45) is 0 Å². The number of likely N-dealkylation sites (tertiary alicyclic amines) is 1. The van der Waals surface area contributed by atoms with Crippen LogP contribution in [0.1, 0.15) is 40.7 Å². The second kappa shape index (κ2) is 8.59. The Morgan fingerprint density at radius 1 is 0.969 bits per heavy atom. The van der Waals surface area contributed by atoms with Gasteiger partial charge in [0.15, 0.2) is 11.5 Å². The number of hydrogen-bond acceptors (Lipinski definition) is 6. The van der Waals surface area contributed by atoms with Crippen LogP contribution in [0.2, 0.25) is 5.02 Å². The van der Waals surface area contributed by atoms with E-state index in [0.29, 0.717) is 41.3 Å². The van der Waals surface area contributed by atoms with E-state index in [-0.39, 0.29) is 11.8 Å². The molecule has 4 aromatic rings. The molecule has 0 radical (unpaired) electrons. The van der Waals surface area contributed by atoms with Gasteiger partial charge in [0.2, 0.25) is 11.7 Å². The van der Waals surface area contributed by atoms with Gasteiger partial charge in [0.1, 0.15) is 0 Å². The maximum Gasteiger partial charge on any atom is 0.276 e. The number of aryl methyl sites for hydroxylation is 1. The average Bonchev–Trinajstić information content (AvgIpc) is 3.50. The Balaban J connectivity index is 1.22. The fourth-order valence-electron chi connectivity index (χ4n) is 3.84. The SMILES string of the molecule is Cc1ccc(-c2noc(C3CCN(C(=O)c4cc(-c5ccc(Cl)cc5)on4)CC3)n2)cc1. The fourth-order valence-corrected chi connectivity index (χ4v) is 3.96. The number of aromatic nitrogens is 3. The lowest BCUT2D eigenvalue weighted by Gasteiger charge is -2.29. The average molecular weight is 449 g/mol. The lowest BCUT2D eigenvalue weighted by atomic mass is 9.96. The maximum absolute atomic E-state index is 12.9. The molecule has 0 bridgehead atoms. The van der Waals surface area contributed by atoms with Crippen LogP contribution in [0.25, 0.3) is 22.7 Å². The first-order chi connectivity index (χ1) is 15.6. The maximum atomic E-state index is 12.9. The summed E-state index contributed by atoms with van der Waals surface area (Å²) in [5.41, 5.74) is 3.23. The van der Waals surface area contributed by atoms with Crippen molar-refractivity contribution in [2.45, 2.75) is 25.7 Å². The van der Waals surface area contributed by atoms with Gasteiger partial charge in [-0.05, 0) is 44.0 Å². The lowest BCUT2D eigenvalue weighted by molar-refractivity contribution is 0.0694. The molecule has 0 unspecified atom stereocenters.